The molecule has 0 unspecified atom stereocenters. The molecule has 0 saturated heterocycles. The molecule has 2 aromatic rings. The van der Waals surface area contributed by atoms with Crippen LogP contribution >= 0.6 is 15.9 Å². The normalized spacial score (nSPS) is 13.3. The van der Waals surface area contributed by atoms with Gasteiger partial charge >= 0.3 is 0 Å². The lowest BCUT2D eigenvalue weighted by atomic mass is 10.1. The highest BCUT2D eigenvalue weighted by Crippen LogP contribution is 2.32. The van der Waals surface area contributed by atoms with E-state index < -0.39 is 10.0 Å². The molecule has 0 fully saturated rings. The lowest BCUT2D eigenvalue weighted by Crippen LogP contribution is -2.26. The van der Waals surface area contributed by atoms with Crippen molar-refractivity contribution in [1.82, 2.24) is 4.72 Å². The van der Waals surface area contributed by atoms with Crippen LogP contribution in [0.25, 0.3) is 0 Å². The molecule has 1 aliphatic heterocycles. The molecule has 0 spiro atoms. The van der Waals surface area contributed by atoms with Gasteiger partial charge in [-0.3, -0.25) is 0 Å². The van der Waals surface area contributed by atoms with E-state index >= 15 is 0 Å². The number of fused-ring (bicyclic) bond motifs is 1. The highest BCUT2D eigenvalue weighted by atomic mass is 79.9. The van der Waals surface area contributed by atoms with Gasteiger partial charge in [-0.1, -0.05) is 28.1 Å². The van der Waals surface area contributed by atoms with E-state index in [1.54, 1.807) is 24.3 Å². The quantitative estimate of drug-likeness (QED) is 0.861. The summed E-state index contributed by atoms with van der Waals surface area (Å²) in [6.07, 6.45) is 0.573. The highest BCUT2D eigenvalue weighted by molar-refractivity contribution is 9.10. The maximum Gasteiger partial charge on any atom is 0.240 e. The van der Waals surface area contributed by atoms with Gasteiger partial charge < -0.3 is 9.47 Å². The Morgan fingerprint density at radius 3 is 2.73 bits per heavy atom. The molecule has 0 atom stereocenters. The summed E-state index contributed by atoms with van der Waals surface area (Å²) < 4.78 is 38.2. The highest BCUT2D eigenvalue weighted by Gasteiger charge is 2.15. The van der Waals surface area contributed by atoms with E-state index in [0.29, 0.717) is 18.7 Å². The first-order valence-corrected chi connectivity index (χ1v) is 8.96. The molecule has 0 aliphatic carbocycles. The van der Waals surface area contributed by atoms with E-state index in [0.717, 1.165) is 15.8 Å². The first kappa shape index (κ1) is 15.3. The van der Waals surface area contributed by atoms with E-state index in [9.17, 15) is 8.42 Å². The number of nitrogens with one attached hydrogen (secondary N) is 1. The third-order valence-electron chi connectivity index (χ3n) is 3.25. The van der Waals surface area contributed by atoms with Crippen LogP contribution in [-0.2, 0) is 16.4 Å². The molecule has 0 amide bonds. The standard InChI is InChI=1S/C15H14BrNO4S/c16-12-2-1-3-13(9-12)22(18,19)17-7-6-11-4-5-14-15(8-11)21-10-20-14/h1-5,8-9,17H,6-7,10H2. The number of hydrogen-bond donors (Lipinski definition) is 1. The average molecular weight is 384 g/mol. The number of halogens is 1. The topological polar surface area (TPSA) is 64.6 Å². The summed E-state index contributed by atoms with van der Waals surface area (Å²) in [6.45, 7) is 0.544. The summed E-state index contributed by atoms with van der Waals surface area (Å²) in [5.74, 6) is 1.42. The van der Waals surface area contributed by atoms with Crippen LogP contribution in [0.2, 0.25) is 0 Å². The Balaban J connectivity index is 1.63. The fourth-order valence-corrected chi connectivity index (χ4v) is 3.77. The Bertz CT molecular complexity index is 792. The maximum absolute atomic E-state index is 12.2. The monoisotopic (exact) mass is 383 g/mol. The minimum atomic E-state index is -3.50. The molecular formula is C15H14BrNO4S. The van der Waals surface area contributed by atoms with Crippen molar-refractivity contribution in [3.8, 4) is 11.5 Å². The second-order valence-corrected chi connectivity index (χ2v) is 7.48. The number of hydrogen-bond acceptors (Lipinski definition) is 4. The van der Waals surface area contributed by atoms with Gasteiger partial charge in [-0.25, -0.2) is 13.1 Å². The summed E-state index contributed by atoms with van der Waals surface area (Å²) >= 11 is 3.27. The summed E-state index contributed by atoms with van der Waals surface area (Å²) in [7, 11) is -3.50. The van der Waals surface area contributed by atoms with Gasteiger partial charge in [0.05, 0.1) is 4.90 Å². The van der Waals surface area contributed by atoms with E-state index in [1.165, 1.54) is 0 Å². The van der Waals surface area contributed by atoms with Gasteiger partial charge in [0.1, 0.15) is 0 Å². The SMILES string of the molecule is O=S(=O)(NCCc1ccc2c(c1)OCO2)c1cccc(Br)c1. The molecule has 7 heteroatoms. The lowest BCUT2D eigenvalue weighted by molar-refractivity contribution is 0.174. The molecular weight excluding hydrogens is 370 g/mol. The van der Waals surface area contributed by atoms with Crippen LogP contribution in [0.4, 0.5) is 0 Å². The molecule has 1 aliphatic rings. The van der Waals surface area contributed by atoms with Crippen LogP contribution in [0.15, 0.2) is 51.8 Å². The smallest absolute Gasteiger partial charge is 0.240 e. The van der Waals surface area contributed by atoms with Crippen molar-refractivity contribution >= 4 is 26.0 Å². The van der Waals surface area contributed by atoms with Gasteiger partial charge in [-0.2, -0.15) is 0 Å². The second kappa shape index (κ2) is 6.28. The summed E-state index contributed by atoms with van der Waals surface area (Å²) in [5, 5.41) is 0. The van der Waals surface area contributed by atoms with Gasteiger partial charge in [0.2, 0.25) is 16.8 Å². The first-order chi connectivity index (χ1) is 10.5. The van der Waals surface area contributed by atoms with E-state index in [1.807, 2.05) is 18.2 Å². The molecule has 1 N–H and O–H groups in total. The number of ether oxygens (including phenoxy) is 2. The predicted molar refractivity (Wildman–Crippen MR) is 85.6 cm³/mol. The van der Waals surface area contributed by atoms with Crippen molar-refractivity contribution < 1.29 is 17.9 Å². The van der Waals surface area contributed by atoms with Crippen molar-refractivity contribution in [2.45, 2.75) is 11.3 Å². The van der Waals surface area contributed by atoms with Gasteiger partial charge in [0.15, 0.2) is 11.5 Å². The minimum absolute atomic E-state index is 0.230. The van der Waals surface area contributed by atoms with Crippen molar-refractivity contribution in [3.63, 3.8) is 0 Å². The number of benzene rings is 2. The van der Waals surface area contributed by atoms with Crippen LogP contribution in [0, 0.1) is 0 Å². The zero-order valence-corrected chi connectivity index (χ0v) is 14.0. The summed E-state index contributed by atoms with van der Waals surface area (Å²) in [6, 6.07) is 12.2. The molecule has 0 bridgehead atoms. The first-order valence-electron chi connectivity index (χ1n) is 6.68. The van der Waals surface area contributed by atoms with Crippen LogP contribution < -0.4 is 14.2 Å². The molecule has 0 aromatic heterocycles. The minimum Gasteiger partial charge on any atom is -0.454 e. The van der Waals surface area contributed by atoms with Crippen LogP contribution in [0.5, 0.6) is 11.5 Å². The Hall–Kier alpha value is -1.57. The number of sulfonamides is 1. The third-order valence-corrected chi connectivity index (χ3v) is 5.20. The molecule has 0 radical (unpaired) electrons. The molecule has 1 heterocycles. The fraction of sp³-hybridized carbons (Fsp3) is 0.200. The molecule has 116 valence electrons. The van der Waals surface area contributed by atoms with Crippen molar-refractivity contribution in [2.75, 3.05) is 13.3 Å². The molecule has 3 rings (SSSR count). The van der Waals surface area contributed by atoms with Crippen LogP contribution in [0.3, 0.4) is 0 Å². The van der Waals surface area contributed by atoms with Crippen molar-refractivity contribution in [1.29, 1.82) is 0 Å². The van der Waals surface area contributed by atoms with Crippen molar-refractivity contribution in [3.05, 3.63) is 52.5 Å². The van der Waals surface area contributed by atoms with Gasteiger partial charge in [0.25, 0.3) is 0 Å². The molecule has 5 nitrogen and oxygen atoms in total. The average Bonchev–Trinajstić information content (AvgIpc) is 2.94. The third kappa shape index (κ3) is 3.43. The van der Waals surface area contributed by atoms with E-state index in [2.05, 4.69) is 20.7 Å². The Morgan fingerprint density at radius 2 is 1.91 bits per heavy atom. The Morgan fingerprint density at radius 1 is 1.09 bits per heavy atom. The second-order valence-electron chi connectivity index (χ2n) is 4.79. The van der Waals surface area contributed by atoms with Crippen LogP contribution in [0.1, 0.15) is 5.56 Å². The largest absolute Gasteiger partial charge is 0.454 e. The molecule has 0 saturated carbocycles. The van der Waals surface area contributed by atoms with E-state index in [4.69, 9.17) is 9.47 Å². The zero-order chi connectivity index (χ0) is 15.6. The predicted octanol–water partition coefficient (Wildman–Crippen LogP) is 2.70. The Kier molecular flexibility index (Phi) is 4.37. The lowest BCUT2D eigenvalue weighted by Gasteiger charge is -2.07. The Labute approximate surface area is 137 Å². The van der Waals surface area contributed by atoms with Gasteiger partial charge in [-0.15, -0.1) is 0 Å². The van der Waals surface area contributed by atoms with Crippen LogP contribution in [-0.4, -0.2) is 21.8 Å². The summed E-state index contributed by atoms with van der Waals surface area (Å²) in [5.41, 5.74) is 0.987. The maximum atomic E-state index is 12.2. The fourth-order valence-electron chi connectivity index (χ4n) is 2.14. The molecule has 2 aromatic carbocycles. The van der Waals surface area contributed by atoms with E-state index in [-0.39, 0.29) is 11.7 Å². The number of rotatable bonds is 5. The van der Waals surface area contributed by atoms with Crippen molar-refractivity contribution in [2.24, 2.45) is 0 Å². The van der Waals surface area contributed by atoms with Gasteiger partial charge in [-0.05, 0) is 42.3 Å². The summed E-state index contributed by atoms with van der Waals surface area (Å²) in [4.78, 5) is 0.243. The molecule has 22 heavy (non-hydrogen) atoms. The van der Waals surface area contributed by atoms with Gasteiger partial charge in [0, 0.05) is 11.0 Å². The zero-order valence-electron chi connectivity index (χ0n) is 11.6.